The third-order valence-electron chi connectivity index (χ3n) is 1.18. The molecule has 0 bridgehead atoms. The highest BCUT2D eigenvalue weighted by molar-refractivity contribution is 7.98. The lowest BCUT2D eigenvalue weighted by Crippen LogP contribution is -3.17. The largest absolute Gasteiger partial charge is 0.633 e. The van der Waals surface area contributed by atoms with Crippen LogP contribution in [0.1, 0.15) is 6.42 Å². The van der Waals surface area contributed by atoms with E-state index >= 15 is 0 Å². The van der Waals surface area contributed by atoms with E-state index in [1.54, 1.807) is 0 Å². The van der Waals surface area contributed by atoms with Crippen LogP contribution in [-0.4, -0.2) is 11.9 Å². The summed E-state index contributed by atoms with van der Waals surface area (Å²) in [6.45, 7) is 0.632. The van der Waals surface area contributed by atoms with Crippen LogP contribution in [0.2, 0.25) is 0 Å². The van der Waals surface area contributed by atoms with Gasteiger partial charge in [-0.1, -0.05) is 0 Å². The van der Waals surface area contributed by atoms with Crippen molar-refractivity contribution in [2.24, 2.45) is 4.58 Å². The van der Waals surface area contributed by atoms with Crippen LogP contribution < -0.4 is 5.06 Å². The van der Waals surface area contributed by atoms with Crippen LogP contribution in [0.15, 0.2) is 4.58 Å². The van der Waals surface area contributed by atoms with Gasteiger partial charge in [0.25, 0.3) is 0 Å². The van der Waals surface area contributed by atoms with Gasteiger partial charge < -0.3 is 10.3 Å². The SMILES string of the molecule is O=NSC1CC[NH+]1[O-]. The predicted molar refractivity (Wildman–Crippen MR) is 31.0 cm³/mol. The Morgan fingerprint density at radius 1 is 1.88 bits per heavy atom. The molecule has 5 heteroatoms. The first-order valence-electron chi connectivity index (χ1n) is 2.36. The number of nitrogens with one attached hydrogen (secondary N) is 1. The van der Waals surface area contributed by atoms with E-state index in [-0.39, 0.29) is 10.4 Å². The molecule has 1 fully saturated rings. The Labute approximate surface area is 50.9 Å². The van der Waals surface area contributed by atoms with Crippen molar-refractivity contribution in [3.8, 4) is 0 Å². The summed E-state index contributed by atoms with van der Waals surface area (Å²) in [6.07, 6.45) is 0.829. The number of nitrogens with zero attached hydrogens (tertiary/aromatic N) is 1. The van der Waals surface area contributed by atoms with E-state index in [0.29, 0.717) is 6.54 Å². The molecule has 46 valence electrons. The van der Waals surface area contributed by atoms with Gasteiger partial charge in [-0.05, 0) is 0 Å². The van der Waals surface area contributed by atoms with Crippen LogP contribution in [0.5, 0.6) is 0 Å². The Kier molecular flexibility index (Phi) is 1.82. The van der Waals surface area contributed by atoms with Crippen molar-refractivity contribution in [1.82, 2.24) is 0 Å². The molecule has 0 aliphatic carbocycles. The molecule has 1 aliphatic heterocycles. The fraction of sp³-hybridized carbons (Fsp3) is 1.00. The molecular formula is C3H6N2O2S. The fourth-order valence-electron chi connectivity index (χ4n) is 0.543. The first-order chi connectivity index (χ1) is 3.84. The molecule has 1 aliphatic rings. The van der Waals surface area contributed by atoms with Gasteiger partial charge in [0.2, 0.25) is 0 Å². The van der Waals surface area contributed by atoms with E-state index in [4.69, 9.17) is 0 Å². The lowest BCUT2D eigenvalue weighted by molar-refractivity contribution is -0.902. The van der Waals surface area contributed by atoms with Crippen LogP contribution >= 0.6 is 11.9 Å². The molecule has 1 heterocycles. The number of hydroxylamine groups is 2. The minimum absolute atomic E-state index is 0.104. The summed E-state index contributed by atoms with van der Waals surface area (Å²) in [5.74, 6) is 0. The van der Waals surface area contributed by atoms with Gasteiger partial charge in [0.05, 0.1) is 24.9 Å². The molecule has 0 aromatic rings. The predicted octanol–water partition coefficient (Wildman–Crippen LogP) is -0.487. The summed E-state index contributed by atoms with van der Waals surface area (Å²) in [7, 11) is 0. The zero-order valence-corrected chi connectivity index (χ0v) is 4.98. The van der Waals surface area contributed by atoms with E-state index < -0.39 is 0 Å². The summed E-state index contributed by atoms with van der Waals surface area (Å²) in [6, 6.07) is 0. The Balaban J connectivity index is 2.16. The van der Waals surface area contributed by atoms with Crippen molar-refractivity contribution in [2.75, 3.05) is 6.54 Å². The molecular weight excluding hydrogens is 128 g/mol. The molecule has 0 aromatic carbocycles. The summed E-state index contributed by atoms with van der Waals surface area (Å²) < 4.78 is 2.55. The van der Waals surface area contributed by atoms with Crippen molar-refractivity contribution in [1.29, 1.82) is 0 Å². The van der Waals surface area contributed by atoms with Gasteiger partial charge >= 0.3 is 0 Å². The molecule has 0 spiro atoms. The number of nitroso groups, excluding NO2 is 1. The zero-order valence-electron chi connectivity index (χ0n) is 4.16. The molecule has 2 atom stereocenters. The van der Waals surface area contributed by atoms with Gasteiger partial charge in [-0.2, -0.15) is 0 Å². The summed E-state index contributed by atoms with van der Waals surface area (Å²) in [5, 5.41) is 10.5. The molecule has 2 unspecified atom stereocenters. The number of quaternary nitrogens is 1. The van der Waals surface area contributed by atoms with E-state index in [2.05, 4.69) is 4.58 Å². The highest BCUT2D eigenvalue weighted by atomic mass is 32.2. The number of hydrogen-bond donors (Lipinski definition) is 1. The summed E-state index contributed by atoms with van der Waals surface area (Å²) >= 11 is 0.846. The van der Waals surface area contributed by atoms with E-state index in [9.17, 15) is 10.1 Å². The molecule has 8 heavy (non-hydrogen) atoms. The molecule has 0 amide bonds. The van der Waals surface area contributed by atoms with Crippen molar-refractivity contribution < 1.29 is 5.06 Å². The highest BCUT2D eigenvalue weighted by Crippen LogP contribution is 2.12. The quantitative estimate of drug-likeness (QED) is 0.315. The lowest BCUT2D eigenvalue weighted by Gasteiger charge is -2.37. The van der Waals surface area contributed by atoms with Gasteiger partial charge in [0.1, 0.15) is 0 Å². The van der Waals surface area contributed by atoms with Gasteiger partial charge in [-0.25, -0.2) is 0 Å². The minimum atomic E-state index is -0.104. The average molecular weight is 134 g/mol. The maximum Gasteiger partial charge on any atom is 0.164 e. The molecule has 0 aromatic heterocycles. The topological polar surface area (TPSA) is 56.9 Å². The summed E-state index contributed by atoms with van der Waals surface area (Å²) in [5.41, 5.74) is 0. The molecule has 1 saturated heterocycles. The average Bonchev–Trinajstić information content (AvgIpc) is 1.79. The first kappa shape index (κ1) is 6.00. The fourth-order valence-corrected chi connectivity index (χ4v) is 1.11. The number of rotatable bonds is 2. The standard InChI is InChI=1S/C3H6N2O2S/c6-4-8-3-1-2-5(3)7/h3,5H,1-2H2. The normalized spacial score (nSPS) is 36.1. The van der Waals surface area contributed by atoms with Crippen molar-refractivity contribution in [3.63, 3.8) is 0 Å². The Hall–Kier alpha value is -0.130. The Bertz CT molecular complexity index is 99.3. The molecule has 1 rings (SSSR count). The van der Waals surface area contributed by atoms with Crippen molar-refractivity contribution in [2.45, 2.75) is 11.8 Å². The monoisotopic (exact) mass is 134 g/mol. The van der Waals surface area contributed by atoms with Crippen LogP contribution in [0.3, 0.4) is 0 Å². The van der Waals surface area contributed by atoms with Crippen LogP contribution in [0, 0.1) is 10.1 Å². The second-order valence-corrected chi connectivity index (χ2v) is 2.60. The first-order valence-corrected chi connectivity index (χ1v) is 3.19. The minimum Gasteiger partial charge on any atom is -0.633 e. The Morgan fingerprint density at radius 2 is 2.62 bits per heavy atom. The van der Waals surface area contributed by atoms with Gasteiger partial charge in [0, 0.05) is 4.58 Å². The van der Waals surface area contributed by atoms with E-state index in [0.717, 1.165) is 18.4 Å². The second kappa shape index (κ2) is 2.43. The van der Waals surface area contributed by atoms with Gasteiger partial charge in [-0.3, -0.25) is 0 Å². The van der Waals surface area contributed by atoms with E-state index in [1.165, 1.54) is 0 Å². The molecule has 0 radical (unpaired) electrons. The maximum absolute atomic E-state index is 10.4. The summed E-state index contributed by atoms with van der Waals surface area (Å²) in [4.78, 5) is 9.51. The lowest BCUT2D eigenvalue weighted by atomic mass is 10.3. The maximum atomic E-state index is 10.4. The molecule has 4 nitrogen and oxygen atoms in total. The second-order valence-electron chi connectivity index (χ2n) is 1.67. The van der Waals surface area contributed by atoms with Gasteiger partial charge in [0.15, 0.2) is 5.37 Å². The zero-order chi connectivity index (χ0) is 5.98. The van der Waals surface area contributed by atoms with E-state index in [1.807, 2.05) is 0 Å². The van der Waals surface area contributed by atoms with Crippen LogP contribution in [0.25, 0.3) is 0 Å². The van der Waals surface area contributed by atoms with Crippen LogP contribution in [0.4, 0.5) is 0 Å². The third kappa shape index (κ3) is 0.988. The van der Waals surface area contributed by atoms with Crippen molar-refractivity contribution in [3.05, 3.63) is 10.1 Å². The Morgan fingerprint density at radius 3 is 2.75 bits per heavy atom. The molecule has 0 saturated carbocycles. The van der Waals surface area contributed by atoms with Crippen LogP contribution in [-0.2, 0) is 0 Å². The number of hydrogen-bond acceptors (Lipinski definition) is 4. The molecule has 1 N–H and O–H groups in total. The third-order valence-corrected chi connectivity index (χ3v) is 2.02. The van der Waals surface area contributed by atoms with Gasteiger partial charge in [-0.15, -0.1) is 4.91 Å². The van der Waals surface area contributed by atoms with Crippen molar-refractivity contribution >= 4 is 11.9 Å². The smallest absolute Gasteiger partial charge is 0.164 e. The highest BCUT2D eigenvalue weighted by Gasteiger charge is 2.27.